The summed E-state index contributed by atoms with van der Waals surface area (Å²) in [4.78, 5) is 13.8. The van der Waals surface area contributed by atoms with Gasteiger partial charge in [-0.25, -0.2) is 0 Å². The van der Waals surface area contributed by atoms with E-state index >= 15 is 0 Å². The number of phenols is 1. The molecule has 1 heterocycles. The fourth-order valence-corrected chi connectivity index (χ4v) is 2.12. The molecule has 1 aromatic rings. The standard InChI is InChI=1S/C13H17NO4/c1-18-10-4-5-12(16)11(7-10)13(17)14-6-2-3-9(15)8-14/h4-5,7,9,15-16H,2-3,6,8H2,1H3. The van der Waals surface area contributed by atoms with Crippen LogP contribution in [0.25, 0.3) is 0 Å². The van der Waals surface area contributed by atoms with Crippen LogP contribution in [0.4, 0.5) is 0 Å². The summed E-state index contributed by atoms with van der Waals surface area (Å²) in [6.07, 6.45) is 1.02. The summed E-state index contributed by atoms with van der Waals surface area (Å²) >= 11 is 0. The van der Waals surface area contributed by atoms with E-state index < -0.39 is 6.10 Å². The molecular formula is C13H17NO4. The SMILES string of the molecule is COc1ccc(O)c(C(=O)N2CCCC(O)C2)c1. The molecule has 1 aromatic carbocycles. The highest BCUT2D eigenvalue weighted by atomic mass is 16.5. The molecule has 1 unspecified atom stereocenters. The Bertz CT molecular complexity index is 447. The van der Waals surface area contributed by atoms with Crippen LogP contribution in [-0.4, -0.2) is 47.3 Å². The first-order valence-electron chi connectivity index (χ1n) is 5.96. The van der Waals surface area contributed by atoms with Crippen molar-refractivity contribution in [2.75, 3.05) is 20.2 Å². The smallest absolute Gasteiger partial charge is 0.257 e. The maximum absolute atomic E-state index is 12.2. The molecule has 1 aliphatic rings. The molecule has 0 saturated carbocycles. The fraction of sp³-hybridized carbons (Fsp3) is 0.462. The molecule has 0 aliphatic carbocycles. The van der Waals surface area contributed by atoms with Gasteiger partial charge in [0.25, 0.3) is 5.91 Å². The van der Waals surface area contributed by atoms with Crippen LogP contribution < -0.4 is 4.74 Å². The number of aliphatic hydroxyl groups is 1. The summed E-state index contributed by atoms with van der Waals surface area (Å²) in [5, 5.41) is 19.3. The molecule has 0 bridgehead atoms. The third-order valence-corrected chi connectivity index (χ3v) is 3.12. The maximum Gasteiger partial charge on any atom is 0.257 e. The third-order valence-electron chi connectivity index (χ3n) is 3.12. The van der Waals surface area contributed by atoms with Gasteiger partial charge in [0.05, 0.1) is 18.8 Å². The van der Waals surface area contributed by atoms with Gasteiger partial charge >= 0.3 is 0 Å². The quantitative estimate of drug-likeness (QED) is 0.822. The van der Waals surface area contributed by atoms with Crippen LogP contribution in [0.15, 0.2) is 18.2 Å². The number of β-amino-alcohol motifs (C(OH)–C–C–N with tert-alkyl or cyclic N) is 1. The van der Waals surface area contributed by atoms with E-state index in [4.69, 9.17) is 4.74 Å². The summed E-state index contributed by atoms with van der Waals surface area (Å²) < 4.78 is 5.04. The number of carbonyl (C=O) groups excluding carboxylic acids is 1. The van der Waals surface area contributed by atoms with E-state index in [9.17, 15) is 15.0 Å². The van der Waals surface area contributed by atoms with Crippen LogP contribution in [0.5, 0.6) is 11.5 Å². The second-order valence-corrected chi connectivity index (χ2v) is 4.43. The lowest BCUT2D eigenvalue weighted by Crippen LogP contribution is -2.42. The number of aliphatic hydroxyl groups excluding tert-OH is 1. The number of likely N-dealkylation sites (tertiary alicyclic amines) is 1. The third kappa shape index (κ3) is 2.56. The molecule has 0 aromatic heterocycles. The minimum absolute atomic E-state index is 0.0686. The number of ether oxygens (including phenoxy) is 1. The second kappa shape index (κ2) is 5.27. The van der Waals surface area contributed by atoms with Crippen molar-refractivity contribution in [2.45, 2.75) is 18.9 Å². The monoisotopic (exact) mass is 251 g/mol. The topological polar surface area (TPSA) is 70.0 Å². The van der Waals surface area contributed by atoms with Crippen LogP contribution in [0, 0.1) is 0 Å². The zero-order chi connectivity index (χ0) is 13.1. The van der Waals surface area contributed by atoms with Crippen LogP contribution >= 0.6 is 0 Å². The maximum atomic E-state index is 12.2. The van der Waals surface area contributed by atoms with E-state index in [1.54, 1.807) is 11.0 Å². The number of methoxy groups -OCH3 is 1. The normalized spacial score (nSPS) is 19.7. The van der Waals surface area contributed by atoms with Crippen LogP contribution in [-0.2, 0) is 0 Å². The fourth-order valence-electron chi connectivity index (χ4n) is 2.12. The summed E-state index contributed by atoms with van der Waals surface area (Å²) in [7, 11) is 1.51. The highest BCUT2D eigenvalue weighted by molar-refractivity contribution is 5.97. The van der Waals surface area contributed by atoms with E-state index in [-0.39, 0.29) is 17.2 Å². The average Bonchev–Trinajstić information content (AvgIpc) is 2.38. The van der Waals surface area contributed by atoms with Crippen molar-refractivity contribution < 1.29 is 19.7 Å². The Morgan fingerprint density at radius 2 is 2.28 bits per heavy atom. The van der Waals surface area contributed by atoms with Crippen LogP contribution in [0.1, 0.15) is 23.2 Å². The second-order valence-electron chi connectivity index (χ2n) is 4.43. The molecule has 1 fully saturated rings. The Balaban J connectivity index is 2.22. The number of aromatic hydroxyl groups is 1. The van der Waals surface area contributed by atoms with Gasteiger partial charge in [-0.3, -0.25) is 4.79 Å². The molecule has 1 saturated heterocycles. The molecule has 18 heavy (non-hydrogen) atoms. The average molecular weight is 251 g/mol. The van der Waals surface area contributed by atoms with E-state index in [1.807, 2.05) is 0 Å². The number of amides is 1. The van der Waals surface area contributed by atoms with Gasteiger partial charge in [-0.15, -0.1) is 0 Å². The molecular weight excluding hydrogens is 234 g/mol. The zero-order valence-electron chi connectivity index (χ0n) is 10.3. The van der Waals surface area contributed by atoms with Crippen molar-refractivity contribution in [3.8, 4) is 11.5 Å². The molecule has 5 nitrogen and oxygen atoms in total. The van der Waals surface area contributed by atoms with Gasteiger partial charge in [0.1, 0.15) is 11.5 Å². The zero-order valence-corrected chi connectivity index (χ0v) is 10.3. The first-order chi connectivity index (χ1) is 8.61. The number of benzene rings is 1. The summed E-state index contributed by atoms with van der Waals surface area (Å²) in [5.41, 5.74) is 0.212. The van der Waals surface area contributed by atoms with Gasteiger partial charge in [0.15, 0.2) is 0 Å². The Morgan fingerprint density at radius 3 is 2.94 bits per heavy atom. The number of hydrogen-bond acceptors (Lipinski definition) is 4. The number of rotatable bonds is 2. The molecule has 1 amide bonds. The Hall–Kier alpha value is -1.75. The van der Waals surface area contributed by atoms with Crippen molar-refractivity contribution in [2.24, 2.45) is 0 Å². The van der Waals surface area contributed by atoms with Gasteiger partial charge < -0.3 is 19.8 Å². The van der Waals surface area contributed by atoms with Gasteiger partial charge in [-0.2, -0.15) is 0 Å². The van der Waals surface area contributed by atoms with Gasteiger partial charge in [0, 0.05) is 13.1 Å². The number of piperidine rings is 1. The highest BCUT2D eigenvalue weighted by Crippen LogP contribution is 2.25. The molecule has 0 spiro atoms. The van der Waals surface area contributed by atoms with Crippen molar-refractivity contribution >= 4 is 5.91 Å². The van der Waals surface area contributed by atoms with Gasteiger partial charge in [0.2, 0.25) is 0 Å². The predicted octanol–water partition coefficient (Wildman–Crippen LogP) is 0.998. The lowest BCUT2D eigenvalue weighted by Gasteiger charge is -2.30. The minimum Gasteiger partial charge on any atom is -0.507 e. The molecule has 2 N–H and O–H groups in total. The first kappa shape index (κ1) is 12.7. The first-order valence-corrected chi connectivity index (χ1v) is 5.96. The summed E-state index contributed by atoms with van der Waals surface area (Å²) in [5.74, 6) is 0.180. The van der Waals surface area contributed by atoms with Crippen molar-refractivity contribution in [1.82, 2.24) is 4.90 Å². The number of nitrogens with zero attached hydrogens (tertiary/aromatic N) is 1. The Morgan fingerprint density at radius 1 is 1.50 bits per heavy atom. The minimum atomic E-state index is -0.476. The summed E-state index contributed by atoms with van der Waals surface area (Å²) in [6.45, 7) is 0.919. The van der Waals surface area contributed by atoms with E-state index in [2.05, 4.69) is 0 Å². The van der Waals surface area contributed by atoms with Crippen molar-refractivity contribution in [1.29, 1.82) is 0 Å². The molecule has 0 radical (unpaired) electrons. The van der Waals surface area contributed by atoms with Gasteiger partial charge in [-0.1, -0.05) is 0 Å². The highest BCUT2D eigenvalue weighted by Gasteiger charge is 2.25. The van der Waals surface area contributed by atoms with Crippen molar-refractivity contribution in [3.05, 3.63) is 23.8 Å². The molecule has 1 aliphatic heterocycles. The van der Waals surface area contributed by atoms with E-state index in [0.717, 1.165) is 6.42 Å². The number of hydrogen-bond donors (Lipinski definition) is 2. The summed E-state index contributed by atoms with van der Waals surface area (Å²) in [6, 6.07) is 4.54. The van der Waals surface area contributed by atoms with Crippen molar-refractivity contribution in [3.63, 3.8) is 0 Å². The van der Waals surface area contributed by atoms with Gasteiger partial charge in [-0.05, 0) is 31.0 Å². The lowest BCUT2D eigenvalue weighted by molar-refractivity contribution is 0.0471. The predicted molar refractivity (Wildman–Crippen MR) is 65.8 cm³/mol. The molecule has 5 heteroatoms. The van der Waals surface area contributed by atoms with Crippen LogP contribution in [0.3, 0.4) is 0 Å². The molecule has 1 atom stereocenters. The lowest BCUT2D eigenvalue weighted by atomic mass is 10.1. The van der Waals surface area contributed by atoms with E-state index in [0.29, 0.717) is 25.3 Å². The number of carbonyl (C=O) groups is 1. The Kier molecular flexibility index (Phi) is 3.72. The number of phenolic OH excluding ortho intramolecular Hbond substituents is 1. The largest absolute Gasteiger partial charge is 0.507 e. The molecule has 2 rings (SSSR count). The molecule has 98 valence electrons. The Labute approximate surface area is 106 Å². The van der Waals surface area contributed by atoms with E-state index in [1.165, 1.54) is 19.2 Å². The van der Waals surface area contributed by atoms with Crippen LogP contribution in [0.2, 0.25) is 0 Å².